The van der Waals surface area contributed by atoms with Crippen LogP contribution in [-0.2, 0) is 10.0 Å². The molecule has 0 spiro atoms. The van der Waals surface area contributed by atoms with E-state index in [1.54, 1.807) is 62.4 Å². The van der Waals surface area contributed by atoms with Crippen molar-refractivity contribution in [3.05, 3.63) is 71.7 Å². The fraction of sp³-hybridized carbons (Fsp3) is 0.150. The molecule has 0 aliphatic carbocycles. The first kappa shape index (κ1) is 19.5. The predicted octanol–water partition coefficient (Wildman–Crippen LogP) is 3.96. The molecule has 0 radical (unpaired) electrons. The van der Waals surface area contributed by atoms with Gasteiger partial charge in [0, 0.05) is 11.4 Å². The maximum absolute atomic E-state index is 12.8. The summed E-state index contributed by atoms with van der Waals surface area (Å²) in [4.78, 5) is 12.3. The minimum absolute atomic E-state index is 0.0664. The zero-order valence-corrected chi connectivity index (χ0v) is 16.5. The topological polar surface area (TPSA) is 97.6 Å². The molecule has 3 rings (SSSR count). The highest BCUT2D eigenvalue weighted by molar-refractivity contribution is 7.92. The van der Waals surface area contributed by atoms with Gasteiger partial charge in [0.05, 0.1) is 12.0 Å². The Hall–Kier alpha value is -3.26. The highest BCUT2D eigenvalue weighted by atomic mass is 32.2. The number of amides is 1. The molecule has 7 nitrogen and oxygen atoms in total. The average molecular weight is 400 g/mol. The summed E-state index contributed by atoms with van der Waals surface area (Å²) in [6.45, 7) is 3.42. The zero-order chi connectivity index (χ0) is 20.3. The standard InChI is InChI=1S/C20H20N2O5S/c1-13-4-6-16(21-20(23)18-11-5-14(2)27-18)12-19(13)28(24,25)22-15-7-9-17(26-3)10-8-15/h4-12,22H,1-3H3,(H,21,23). The number of methoxy groups -OCH3 is 1. The minimum atomic E-state index is -3.85. The molecule has 3 aromatic rings. The molecule has 0 saturated heterocycles. The van der Waals surface area contributed by atoms with Crippen molar-refractivity contribution in [1.82, 2.24) is 0 Å². The van der Waals surface area contributed by atoms with E-state index in [1.165, 1.54) is 13.2 Å². The lowest BCUT2D eigenvalue weighted by Crippen LogP contribution is -2.16. The van der Waals surface area contributed by atoms with Crippen molar-refractivity contribution in [3.8, 4) is 5.75 Å². The van der Waals surface area contributed by atoms with Crippen molar-refractivity contribution in [2.45, 2.75) is 18.7 Å². The van der Waals surface area contributed by atoms with Crippen molar-refractivity contribution >= 4 is 27.3 Å². The molecule has 146 valence electrons. The molecule has 8 heteroatoms. The van der Waals surface area contributed by atoms with Crippen LogP contribution in [0.4, 0.5) is 11.4 Å². The largest absolute Gasteiger partial charge is 0.497 e. The van der Waals surface area contributed by atoms with Gasteiger partial charge in [-0.2, -0.15) is 0 Å². The molecule has 1 aromatic heterocycles. The van der Waals surface area contributed by atoms with Crippen molar-refractivity contribution in [2.24, 2.45) is 0 Å². The summed E-state index contributed by atoms with van der Waals surface area (Å²) >= 11 is 0. The fourth-order valence-corrected chi connectivity index (χ4v) is 3.92. The Balaban J connectivity index is 1.84. The lowest BCUT2D eigenvalue weighted by molar-refractivity contribution is 0.0995. The zero-order valence-electron chi connectivity index (χ0n) is 15.6. The van der Waals surface area contributed by atoms with Gasteiger partial charge in [0.15, 0.2) is 5.76 Å². The molecule has 0 bridgehead atoms. The van der Waals surface area contributed by atoms with Gasteiger partial charge < -0.3 is 14.5 Å². The van der Waals surface area contributed by atoms with E-state index in [0.717, 1.165) is 0 Å². The van der Waals surface area contributed by atoms with Gasteiger partial charge in [-0.1, -0.05) is 6.07 Å². The predicted molar refractivity (Wildman–Crippen MR) is 106 cm³/mol. The second kappa shape index (κ2) is 7.77. The van der Waals surface area contributed by atoms with Crippen LogP contribution in [0.25, 0.3) is 0 Å². The molecule has 0 aliphatic rings. The number of hydrogen-bond acceptors (Lipinski definition) is 5. The minimum Gasteiger partial charge on any atom is -0.497 e. The van der Waals surface area contributed by atoms with Crippen LogP contribution in [0.3, 0.4) is 0 Å². The first-order chi connectivity index (χ1) is 13.3. The molecular weight excluding hydrogens is 380 g/mol. The molecular formula is C20H20N2O5S. The maximum atomic E-state index is 12.8. The van der Waals surface area contributed by atoms with Gasteiger partial charge in [-0.15, -0.1) is 0 Å². The summed E-state index contributed by atoms with van der Waals surface area (Å²) in [7, 11) is -2.31. The van der Waals surface area contributed by atoms with Crippen molar-refractivity contribution < 1.29 is 22.4 Å². The number of hydrogen-bond donors (Lipinski definition) is 2. The summed E-state index contributed by atoms with van der Waals surface area (Å²) in [6.07, 6.45) is 0. The molecule has 28 heavy (non-hydrogen) atoms. The second-order valence-corrected chi connectivity index (χ2v) is 7.83. The van der Waals surface area contributed by atoms with Crippen LogP contribution in [0.5, 0.6) is 5.75 Å². The number of carbonyl (C=O) groups excluding carboxylic acids is 1. The van der Waals surface area contributed by atoms with Crippen LogP contribution in [0, 0.1) is 13.8 Å². The van der Waals surface area contributed by atoms with Crippen LogP contribution in [0.2, 0.25) is 0 Å². The number of benzene rings is 2. The maximum Gasteiger partial charge on any atom is 0.291 e. The van der Waals surface area contributed by atoms with E-state index < -0.39 is 15.9 Å². The average Bonchev–Trinajstić information content (AvgIpc) is 3.10. The smallest absolute Gasteiger partial charge is 0.291 e. The molecule has 0 fully saturated rings. The van der Waals surface area contributed by atoms with Crippen LogP contribution in [0.15, 0.2) is 63.9 Å². The Kier molecular flexibility index (Phi) is 5.41. The molecule has 0 saturated carbocycles. The Labute approximate surface area is 163 Å². The van der Waals surface area contributed by atoms with Crippen LogP contribution < -0.4 is 14.8 Å². The lowest BCUT2D eigenvalue weighted by Gasteiger charge is -2.13. The number of furan rings is 1. The SMILES string of the molecule is COc1ccc(NS(=O)(=O)c2cc(NC(=O)c3ccc(C)o3)ccc2C)cc1. The number of nitrogens with one attached hydrogen (secondary N) is 2. The van der Waals surface area contributed by atoms with Crippen molar-refractivity contribution in [2.75, 3.05) is 17.1 Å². The molecule has 0 atom stereocenters. The monoisotopic (exact) mass is 400 g/mol. The number of rotatable bonds is 6. The summed E-state index contributed by atoms with van der Waals surface area (Å²) in [5, 5.41) is 2.65. The van der Waals surface area contributed by atoms with Gasteiger partial charge in [-0.25, -0.2) is 8.42 Å². The molecule has 0 unspecified atom stereocenters. The highest BCUT2D eigenvalue weighted by Gasteiger charge is 2.19. The molecule has 2 N–H and O–H groups in total. The van der Waals surface area contributed by atoms with E-state index in [-0.39, 0.29) is 10.7 Å². The number of carbonyl (C=O) groups is 1. The van der Waals surface area contributed by atoms with E-state index in [4.69, 9.17) is 9.15 Å². The first-order valence-corrected chi connectivity index (χ1v) is 9.92. The van der Waals surface area contributed by atoms with Gasteiger partial charge in [-0.3, -0.25) is 9.52 Å². The number of anilines is 2. The molecule has 1 heterocycles. The molecule has 1 amide bonds. The van der Waals surface area contributed by atoms with E-state index >= 15 is 0 Å². The van der Waals surface area contributed by atoms with Gasteiger partial charge in [0.1, 0.15) is 11.5 Å². The Morgan fingerprint density at radius 3 is 2.25 bits per heavy atom. The Bertz CT molecular complexity index is 1100. The van der Waals surface area contributed by atoms with E-state index in [1.807, 2.05) is 0 Å². The Morgan fingerprint density at radius 1 is 0.964 bits per heavy atom. The van der Waals surface area contributed by atoms with E-state index in [0.29, 0.717) is 28.4 Å². The van der Waals surface area contributed by atoms with Crippen LogP contribution >= 0.6 is 0 Å². The Morgan fingerprint density at radius 2 is 1.64 bits per heavy atom. The normalized spacial score (nSPS) is 11.1. The highest BCUT2D eigenvalue weighted by Crippen LogP contribution is 2.24. The van der Waals surface area contributed by atoms with Crippen molar-refractivity contribution in [3.63, 3.8) is 0 Å². The fourth-order valence-electron chi connectivity index (χ4n) is 2.59. The first-order valence-electron chi connectivity index (χ1n) is 8.44. The third-order valence-electron chi connectivity index (χ3n) is 4.04. The van der Waals surface area contributed by atoms with Crippen LogP contribution in [0.1, 0.15) is 21.9 Å². The third-order valence-corrected chi connectivity index (χ3v) is 5.57. The van der Waals surface area contributed by atoms with Crippen LogP contribution in [-0.4, -0.2) is 21.4 Å². The molecule has 0 aliphatic heterocycles. The van der Waals surface area contributed by atoms with E-state index in [9.17, 15) is 13.2 Å². The summed E-state index contributed by atoms with van der Waals surface area (Å²) in [6, 6.07) is 14.4. The van der Waals surface area contributed by atoms with E-state index in [2.05, 4.69) is 10.0 Å². The molecule has 2 aromatic carbocycles. The summed E-state index contributed by atoms with van der Waals surface area (Å²) in [5.74, 6) is 0.931. The van der Waals surface area contributed by atoms with Gasteiger partial charge >= 0.3 is 0 Å². The second-order valence-electron chi connectivity index (χ2n) is 6.18. The summed E-state index contributed by atoms with van der Waals surface area (Å²) in [5.41, 5.74) is 1.30. The van der Waals surface area contributed by atoms with Gasteiger partial charge in [0.25, 0.3) is 15.9 Å². The quantitative estimate of drug-likeness (QED) is 0.653. The van der Waals surface area contributed by atoms with Crippen molar-refractivity contribution in [1.29, 1.82) is 0 Å². The number of sulfonamides is 1. The number of aryl methyl sites for hydroxylation is 2. The van der Waals surface area contributed by atoms with Gasteiger partial charge in [-0.05, 0) is 67.9 Å². The van der Waals surface area contributed by atoms with Gasteiger partial charge in [0.2, 0.25) is 0 Å². The number of ether oxygens (including phenoxy) is 1. The third kappa shape index (κ3) is 4.34. The summed E-state index contributed by atoms with van der Waals surface area (Å²) < 4.78 is 38.5. The lowest BCUT2D eigenvalue weighted by atomic mass is 10.2.